The van der Waals surface area contributed by atoms with Gasteiger partial charge in [0.05, 0.1) is 18.3 Å². The Bertz CT molecular complexity index is 1070. The summed E-state index contributed by atoms with van der Waals surface area (Å²) in [7, 11) is -3.61. The van der Waals surface area contributed by atoms with Gasteiger partial charge in [0.2, 0.25) is 15.9 Å². The van der Waals surface area contributed by atoms with Gasteiger partial charge >= 0.3 is 0 Å². The second kappa shape index (κ2) is 8.48. The van der Waals surface area contributed by atoms with Gasteiger partial charge in [-0.2, -0.15) is 0 Å². The molecule has 29 heavy (non-hydrogen) atoms. The van der Waals surface area contributed by atoms with E-state index >= 15 is 0 Å². The first-order valence-electron chi connectivity index (χ1n) is 9.13. The summed E-state index contributed by atoms with van der Waals surface area (Å²) in [5.41, 5.74) is 4.04. The Kier molecular flexibility index (Phi) is 6.03. The van der Waals surface area contributed by atoms with Crippen LogP contribution >= 0.6 is 0 Å². The second-order valence-electron chi connectivity index (χ2n) is 6.92. The van der Waals surface area contributed by atoms with Gasteiger partial charge in [-0.25, -0.2) is 13.4 Å². The first-order chi connectivity index (χ1) is 13.8. The topological polar surface area (TPSA) is 84.3 Å². The minimum absolute atomic E-state index is 0.266. The van der Waals surface area contributed by atoms with Gasteiger partial charge in [-0.15, -0.1) is 0 Å². The Hall–Kier alpha value is -3.13. The minimum atomic E-state index is -3.61. The SMILES string of the molecule is Cc1cccc(C)c1N(CC(=O)NCc1ccc(-n2ccnc2)cc1)S(C)(=O)=O. The predicted molar refractivity (Wildman–Crippen MR) is 114 cm³/mol. The highest BCUT2D eigenvalue weighted by Gasteiger charge is 2.23. The van der Waals surface area contributed by atoms with Gasteiger partial charge in [-0.1, -0.05) is 30.3 Å². The van der Waals surface area contributed by atoms with E-state index in [1.54, 1.807) is 12.5 Å². The summed E-state index contributed by atoms with van der Waals surface area (Å²) < 4.78 is 27.7. The second-order valence-corrected chi connectivity index (χ2v) is 8.83. The summed E-state index contributed by atoms with van der Waals surface area (Å²) in [6, 6.07) is 13.2. The number of amides is 1. The number of aromatic nitrogens is 2. The average molecular weight is 413 g/mol. The number of rotatable bonds is 7. The fourth-order valence-corrected chi connectivity index (χ4v) is 4.12. The summed E-state index contributed by atoms with van der Waals surface area (Å²) in [4.78, 5) is 16.5. The highest BCUT2D eigenvalue weighted by molar-refractivity contribution is 7.92. The summed E-state index contributed by atoms with van der Waals surface area (Å²) >= 11 is 0. The van der Waals surface area contributed by atoms with Gasteiger partial charge < -0.3 is 9.88 Å². The van der Waals surface area contributed by atoms with Crippen LogP contribution < -0.4 is 9.62 Å². The zero-order valence-corrected chi connectivity index (χ0v) is 17.5. The lowest BCUT2D eigenvalue weighted by atomic mass is 10.1. The molecule has 8 heteroatoms. The standard InChI is InChI=1S/C21H24N4O3S/c1-16-5-4-6-17(2)21(16)25(29(3,27)28)14-20(26)23-13-18-7-9-19(10-8-18)24-12-11-22-15-24/h4-12,15H,13-14H2,1-3H3,(H,23,26). The van der Waals surface area contributed by atoms with E-state index in [1.807, 2.05) is 67.1 Å². The molecule has 3 rings (SSSR count). The number of nitrogens with zero attached hydrogens (tertiary/aromatic N) is 3. The third kappa shape index (κ3) is 5.03. The van der Waals surface area contributed by atoms with Crippen molar-refractivity contribution < 1.29 is 13.2 Å². The molecule has 1 amide bonds. The van der Waals surface area contributed by atoms with E-state index in [9.17, 15) is 13.2 Å². The zero-order valence-electron chi connectivity index (χ0n) is 16.7. The van der Waals surface area contributed by atoms with Crippen LogP contribution in [0.1, 0.15) is 16.7 Å². The van der Waals surface area contributed by atoms with Gasteiger partial charge in [-0.3, -0.25) is 9.10 Å². The van der Waals surface area contributed by atoms with Gasteiger partial charge in [0.1, 0.15) is 6.54 Å². The number of carbonyl (C=O) groups excluding carboxylic acids is 1. The molecule has 0 atom stereocenters. The number of anilines is 1. The van der Waals surface area contributed by atoms with Gasteiger partial charge in [-0.05, 0) is 42.7 Å². The molecule has 0 bridgehead atoms. The van der Waals surface area contributed by atoms with Gasteiger partial charge in [0.15, 0.2) is 0 Å². The zero-order chi connectivity index (χ0) is 21.0. The Labute approximate surface area is 171 Å². The van der Waals surface area contributed by atoms with Crippen LogP contribution in [0.2, 0.25) is 0 Å². The number of hydrogen-bond acceptors (Lipinski definition) is 4. The number of benzene rings is 2. The molecule has 0 aliphatic rings. The minimum Gasteiger partial charge on any atom is -0.350 e. The maximum absolute atomic E-state index is 12.5. The number of carbonyl (C=O) groups is 1. The van der Waals surface area contributed by atoms with Crippen molar-refractivity contribution in [1.29, 1.82) is 0 Å². The quantitative estimate of drug-likeness (QED) is 0.646. The lowest BCUT2D eigenvalue weighted by Crippen LogP contribution is -2.40. The van der Waals surface area contributed by atoms with Crippen molar-refractivity contribution in [2.75, 3.05) is 17.1 Å². The maximum atomic E-state index is 12.5. The van der Waals surface area contributed by atoms with Crippen molar-refractivity contribution in [3.05, 3.63) is 77.9 Å². The lowest BCUT2D eigenvalue weighted by molar-refractivity contribution is -0.119. The Morgan fingerprint density at radius 2 is 1.76 bits per heavy atom. The van der Waals surface area contributed by atoms with E-state index in [1.165, 1.54) is 0 Å². The molecular weight excluding hydrogens is 388 g/mol. The first-order valence-corrected chi connectivity index (χ1v) is 11.0. The monoisotopic (exact) mass is 412 g/mol. The van der Waals surface area contributed by atoms with Crippen molar-refractivity contribution >= 4 is 21.6 Å². The molecule has 0 aliphatic heterocycles. The number of para-hydroxylation sites is 1. The molecule has 0 saturated carbocycles. The van der Waals surface area contributed by atoms with E-state index in [2.05, 4.69) is 10.3 Å². The van der Waals surface area contributed by atoms with Crippen LogP contribution in [-0.2, 0) is 21.4 Å². The van der Waals surface area contributed by atoms with Crippen LogP contribution in [0.3, 0.4) is 0 Å². The van der Waals surface area contributed by atoms with Crippen molar-refractivity contribution in [1.82, 2.24) is 14.9 Å². The van der Waals surface area contributed by atoms with Crippen molar-refractivity contribution in [3.8, 4) is 5.69 Å². The Morgan fingerprint density at radius 3 is 2.31 bits per heavy atom. The smallest absolute Gasteiger partial charge is 0.241 e. The molecule has 0 spiro atoms. The van der Waals surface area contributed by atoms with Crippen LogP contribution in [0.5, 0.6) is 0 Å². The summed E-state index contributed by atoms with van der Waals surface area (Å²) in [5, 5.41) is 2.80. The third-order valence-corrected chi connectivity index (χ3v) is 5.72. The molecule has 1 heterocycles. The molecule has 1 aromatic heterocycles. The fraction of sp³-hybridized carbons (Fsp3) is 0.238. The van der Waals surface area contributed by atoms with Crippen LogP contribution in [0, 0.1) is 13.8 Å². The van der Waals surface area contributed by atoms with Crippen molar-refractivity contribution in [3.63, 3.8) is 0 Å². The van der Waals surface area contributed by atoms with Crippen LogP contribution in [-0.4, -0.2) is 36.7 Å². The molecule has 0 aliphatic carbocycles. The van der Waals surface area contributed by atoms with Crippen LogP contribution in [0.4, 0.5) is 5.69 Å². The average Bonchev–Trinajstić information content (AvgIpc) is 3.20. The number of aryl methyl sites for hydroxylation is 2. The molecule has 0 saturated heterocycles. The van der Waals surface area contributed by atoms with Crippen molar-refractivity contribution in [2.24, 2.45) is 0 Å². The Morgan fingerprint density at radius 1 is 1.10 bits per heavy atom. The molecule has 0 fully saturated rings. The predicted octanol–water partition coefficient (Wildman–Crippen LogP) is 2.57. The Balaban J connectivity index is 1.68. The first kappa shape index (κ1) is 20.6. The number of sulfonamides is 1. The highest BCUT2D eigenvalue weighted by Crippen LogP contribution is 2.26. The number of nitrogens with one attached hydrogen (secondary N) is 1. The fourth-order valence-electron chi connectivity index (χ4n) is 3.15. The lowest BCUT2D eigenvalue weighted by Gasteiger charge is -2.25. The van der Waals surface area contributed by atoms with Crippen LogP contribution in [0.15, 0.2) is 61.2 Å². The van der Waals surface area contributed by atoms with Crippen LogP contribution in [0.25, 0.3) is 5.69 Å². The summed E-state index contributed by atoms with van der Waals surface area (Å²) in [6.45, 7) is 3.71. The molecule has 152 valence electrons. The van der Waals surface area contributed by atoms with E-state index < -0.39 is 10.0 Å². The highest BCUT2D eigenvalue weighted by atomic mass is 32.2. The summed E-state index contributed by atoms with van der Waals surface area (Å²) in [6.07, 6.45) is 6.38. The number of hydrogen-bond donors (Lipinski definition) is 1. The maximum Gasteiger partial charge on any atom is 0.241 e. The van der Waals surface area contributed by atoms with E-state index in [4.69, 9.17) is 0 Å². The van der Waals surface area contributed by atoms with Gasteiger partial charge in [0, 0.05) is 24.6 Å². The molecule has 1 N–H and O–H groups in total. The number of imidazole rings is 1. The van der Waals surface area contributed by atoms with Crippen molar-refractivity contribution in [2.45, 2.75) is 20.4 Å². The third-order valence-electron chi connectivity index (χ3n) is 4.61. The van der Waals surface area contributed by atoms with E-state index in [0.717, 1.165) is 32.9 Å². The largest absolute Gasteiger partial charge is 0.350 e. The van der Waals surface area contributed by atoms with Gasteiger partial charge in [0.25, 0.3) is 0 Å². The normalized spacial score (nSPS) is 11.3. The van der Waals surface area contributed by atoms with E-state index in [0.29, 0.717) is 12.2 Å². The molecular formula is C21H24N4O3S. The molecule has 2 aromatic carbocycles. The van der Waals surface area contributed by atoms with E-state index in [-0.39, 0.29) is 12.5 Å². The summed E-state index contributed by atoms with van der Waals surface area (Å²) in [5.74, 6) is -0.364. The molecule has 3 aromatic rings. The molecule has 0 radical (unpaired) electrons. The molecule has 7 nitrogen and oxygen atoms in total. The molecule has 0 unspecified atom stereocenters.